The van der Waals surface area contributed by atoms with Crippen LogP contribution in [0.4, 0.5) is 0 Å². The number of carbonyl (C=O) groups is 1. The molecule has 104 valence electrons. The molecule has 3 heteroatoms. The third-order valence-corrected chi connectivity index (χ3v) is 4.85. The lowest BCUT2D eigenvalue weighted by atomic mass is 9.92. The second-order valence-corrected chi connectivity index (χ2v) is 6.62. The van der Waals surface area contributed by atoms with Crippen LogP contribution in [0.25, 0.3) is 0 Å². The molecule has 1 aromatic rings. The molecule has 2 nitrogen and oxygen atoms in total. The van der Waals surface area contributed by atoms with E-state index in [1.54, 1.807) is 0 Å². The van der Waals surface area contributed by atoms with Crippen molar-refractivity contribution in [3.8, 4) is 0 Å². The van der Waals surface area contributed by atoms with Gasteiger partial charge >= 0.3 is 0 Å². The summed E-state index contributed by atoms with van der Waals surface area (Å²) in [5.41, 5.74) is 1.12. The van der Waals surface area contributed by atoms with Gasteiger partial charge in [-0.25, -0.2) is 0 Å². The number of rotatable bonds is 4. The van der Waals surface area contributed by atoms with Gasteiger partial charge in [-0.15, -0.1) is 0 Å². The van der Waals surface area contributed by atoms with Gasteiger partial charge in [-0.1, -0.05) is 53.2 Å². The molecule has 1 amide bonds. The first-order valence-corrected chi connectivity index (χ1v) is 8.11. The maximum atomic E-state index is 12.4. The van der Waals surface area contributed by atoms with Gasteiger partial charge in [0.2, 0.25) is 5.91 Å². The van der Waals surface area contributed by atoms with Crippen molar-refractivity contribution in [3.63, 3.8) is 0 Å². The molecule has 1 aliphatic rings. The zero-order chi connectivity index (χ0) is 13.7. The fourth-order valence-electron chi connectivity index (χ4n) is 2.76. The number of benzene rings is 1. The normalized spacial score (nSPS) is 24.7. The summed E-state index contributed by atoms with van der Waals surface area (Å²) >= 11 is 3.65. The summed E-state index contributed by atoms with van der Waals surface area (Å²) in [4.78, 5) is 13.0. The Morgan fingerprint density at radius 3 is 2.47 bits per heavy atom. The van der Waals surface area contributed by atoms with Crippen LogP contribution >= 0.6 is 15.9 Å². The number of halogens is 1. The molecule has 1 atom stereocenters. The highest BCUT2D eigenvalue weighted by molar-refractivity contribution is 9.09. The van der Waals surface area contributed by atoms with Gasteiger partial charge in [0.15, 0.2) is 0 Å². The summed E-state index contributed by atoms with van der Waals surface area (Å²) in [7, 11) is 0. The quantitative estimate of drug-likeness (QED) is 0.833. The predicted molar refractivity (Wildman–Crippen MR) is 82.6 cm³/mol. The van der Waals surface area contributed by atoms with Crippen molar-refractivity contribution < 1.29 is 4.79 Å². The zero-order valence-electron chi connectivity index (χ0n) is 11.4. The minimum Gasteiger partial charge on any atom is -0.353 e. The Hall–Kier alpha value is -0.830. The van der Waals surface area contributed by atoms with E-state index in [2.05, 4.69) is 28.2 Å². The molecule has 19 heavy (non-hydrogen) atoms. The van der Waals surface area contributed by atoms with Crippen molar-refractivity contribution >= 4 is 21.8 Å². The van der Waals surface area contributed by atoms with Crippen LogP contribution in [0.5, 0.6) is 0 Å². The number of hydrogen-bond acceptors (Lipinski definition) is 1. The van der Waals surface area contributed by atoms with Crippen LogP contribution in [-0.4, -0.2) is 16.8 Å². The Morgan fingerprint density at radius 1 is 1.26 bits per heavy atom. The Morgan fingerprint density at radius 2 is 1.89 bits per heavy atom. The van der Waals surface area contributed by atoms with Gasteiger partial charge in [-0.05, 0) is 37.7 Å². The molecular weight excluding hydrogens is 302 g/mol. The first-order valence-electron chi connectivity index (χ1n) is 7.20. The predicted octanol–water partition coefficient (Wildman–Crippen LogP) is 4.00. The highest BCUT2D eigenvalue weighted by Crippen LogP contribution is 2.25. The van der Waals surface area contributed by atoms with Crippen molar-refractivity contribution in [2.24, 2.45) is 0 Å². The van der Waals surface area contributed by atoms with E-state index in [0.29, 0.717) is 10.9 Å². The molecular formula is C16H22BrNO. The van der Waals surface area contributed by atoms with Crippen molar-refractivity contribution in [2.45, 2.75) is 55.8 Å². The highest BCUT2D eigenvalue weighted by Gasteiger charge is 2.24. The third-order valence-electron chi connectivity index (χ3n) is 3.93. The third kappa shape index (κ3) is 4.07. The Balaban J connectivity index is 1.94. The maximum absolute atomic E-state index is 12.4. The average molecular weight is 324 g/mol. The van der Waals surface area contributed by atoms with Crippen LogP contribution in [0.3, 0.4) is 0 Å². The first kappa shape index (κ1) is 14.6. The highest BCUT2D eigenvalue weighted by atomic mass is 79.9. The van der Waals surface area contributed by atoms with E-state index in [1.807, 2.05) is 30.3 Å². The SMILES string of the molecule is CCC(C(=O)NC1CCC(Br)CC1)c1ccccc1. The number of nitrogens with one attached hydrogen (secondary N) is 1. The van der Waals surface area contributed by atoms with Crippen molar-refractivity contribution in [1.29, 1.82) is 0 Å². The molecule has 1 aliphatic carbocycles. The molecule has 1 N–H and O–H groups in total. The molecule has 1 aromatic carbocycles. The van der Waals surface area contributed by atoms with Crippen LogP contribution in [0.15, 0.2) is 30.3 Å². The molecule has 0 saturated heterocycles. The number of hydrogen-bond donors (Lipinski definition) is 1. The summed E-state index contributed by atoms with van der Waals surface area (Å²) in [5.74, 6) is 0.176. The van der Waals surface area contributed by atoms with Crippen LogP contribution in [0, 0.1) is 0 Å². The average Bonchev–Trinajstić information content (AvgIpc) is 2.43. The van der Waals surface area contributed by atoms with Crippen LogP contribution < -0.4 is 5.32 Å². The Kier molecular flexibility index (Phi) is 5.44. The molecule has 1 unspecified atom stereocenters. The van der Waals surface area contributed by atoms with Gasteiger partial charge in [0.05, 0.1) is 5.92 Å². The first-order chi connectivity index (χ1) is 9.20. The standard InChI is InChI=1S/C16H22BrNO/c1-2-15(12-6-4-3-5-7-12)16(19)18-14-10-8-13(17)9-11-14/h3-7,13-15H,2,8-11H2,1H3,(H,18,19). The van der Waals surface area contributed by atoms with E-state index >= 15 is 0 Å². The lowest BCUT2D eigenvalue weighted by Gasteiger charge is -2.27. The van der Waals surface area contributed by atoms with Crippen LogP contribution in [0.2, 0.25) is 0 Å². The molecule has 0 bridgehead atoms. The molecule has 0 aliphatic heterocycles. The topological polar surface area (TPSA) is 29.1 Å². The minimum atomic E-state index is -0.0112. The van der Waals surface area contributed by atoms with Gasteiger partial charge in [0.1, 0.15) is 0 Å². The van der Waals surface area contributed by atoms with Crippen molar-refractivity contribution in [3.05, 3.63) is 35.9 Å². The van der Waals surface area contributed by atoms with E-state index < -0.39 is 0 Å². The summed E-state index contributed by atoms with van der Waals surface area (Å²) in [6.07, 6.45) is 5.35. The smallest absolute Gasteiger partial charge is 0.227 e. The maximum Gasteiger partial charge on any atom is 0.227 e. The van der Waals surface area contributed by atoms with E-state index in [4.69, 9.17) is 0 Å². The largest absolute Gasteiger partial charge is 0.353 e. The fourth-order valence-corrected chi connectivity index (χ4v) is 3.29. The van der Waals surface area contributed by atoms with Gasteiger partial charge in [-0.3, -0.25) is 4.79 Å². The Bertz CT molecular complexity index is 398. The van der Waals surface area contributed by atoms with Gasteiger partial charge in [-0.2, -0.15) is 0 Å². The second kappa shape index (κ2) is 7.09. The summed E-state index contributed by atoms with van der Waals surface area (Å²) < 4.78 is 0. The van der Waals surface area contributed by atoms with Gasteiger partial charge < -0.3 is 5.32 Å². The van der Waals surface area contributed by atoms with E-state index in [1.165, 1.54) is 0 Å². The number of alkyl halides is 1. The fraction of sp³-hybridized carbons (Fsp3) is 0.562. The molecule has 0 aromatic heterocycles. The van der Waals surface area contributed by atoms with E-state index in [0.717, 1.165) is 37.7 Å². The molecule has 0 radical (unpaired) electrons. The van der Waals surface area contributed by atoms with E-state index in [-0.39, 0.29) is 11.8 Å². The lowest BCUT2D eigenvalue weighted by molar-refractivity contribution is -0.123. The van der Waals surface area contributed by atoms with Crippen LogP contribution in [0.1, 0.15) is 50.5 Å². The van der Waals surface area contributed by atoms with Crippen LogP contribution in [-0.2, 0) is 4.79 Å². The molecule has 1 saturated carbocycles. The molecule has 2 rings (SSSR count). The number of amides is 1. The summed E-state index contributed by atoms with van der Waals surface area (Å²) in [6, 6.07) is 10.4. The molecule has 0 heterocycles. The monoisotopic (exact) mass is 323 g/mol. The molecule has 0 spiro atoms. The van der Waals surface area contributed by atoms with Crippen molar-refractivity contribution in [1.82, 2.24) is 5.32 Å². The van der Waals surface area contributed by atoms with Gasteiger partial charge in [0, 0.05) is 10.9 Å². The summed E-state index contributed by atoms with van der Waals surface area (Å²) in [6.45, 7) is 2.08. The minimum absolute atomic E-state index is 0.0112. The lowest BCUT2D eigenvalue weighted by Crippen LogP contribution is -2.40. The second-order valence-electron chi connectivity index (χ2n) is 5.33. The van der Waals surface area contributed by atoms with Gasteiger partial charge in [0.25, 0.3) is 0 Å². The summed E-state index contributed by atoms with van der Waals surface area (Å²) in [5, 5.41) is 3.23. The zero-order valence-corrected chi connectivity index (χ0v) is 13.0. The molecule has 1 fully saturated rings. The van der Waals surface area contributed by atoms with Crippen molar-refractivity contribution in [2.75, 3.05) is 0 Å². The number of carbonyl (C=O) groups excluding carboxylic acids is 1. The van der Waals surface area contributed by atoms with E-state index in [9.17, 15) is 4.79 Å². The Labute approximate surface area is 124 Å².